The molecule has 0 aromatic heterocycles. The summed E-state index contributed by atoms with van der Waals surface area (Å²) in [6.45, 7) is -1.61. The molecule has 1 aromatic carbocycles. The topological polar surface area (TPSA) is 322 Å². The van der Waals surface area contributed by atoms with Crippen LogP contribution in [0.4, 0.5) is 0 Å². The largest absolute Gasteiger partial charge is 0.508 e. The average molecular weight is 597 g/mol. The molecule has 0 saturated heterocycles. The molecule has 232 valence electrons. The molecule has 4 amide bonds. The van der Waals surface area contributed by atoms with Crippen molar-refractivity contribution in [3.8, 4) is 5.75 Å². The maximum Gasteiger partial charge on any atom is 0.328 e. The normalized spacial score (nSPS) is 13.4. The molecule has 0 spiro atoms. The molecule has 0 aliphatic rings. The molecule has 0 unspecified atom stereocenters. The molecule has 0 radical (unpaired) electrons. The van der Waals surface area contributed by atoms with Crippen molar-refractivity contribution in [2.45, 2.75) is 49.9 Å². The summed E-state index contributed by atoms with van der Waals surface area (Å²) in [5.41, 5.74) is 17.2. The number of benzene rings is 1. The number of amides is 4. The fraction of sp³-hybridized carbons (Fsp3) is 0.458. The first-order valence-corrected chi connectivity index (χ1v) is 12.6. The van der Waals surface area contributed by atoms with E-state index in [9.17, 15) is 33.9 Å². The number of aliphatic imine (C=N–C) groups is 1. The van der Waals surface area contributed by atoms with Crippen LogP contribution in [0.2, 0.25) is 0 Å². The van der Waals surface area contributed by atoms with E-state index < -0.39 is 79.3 Å². The number of hydrogen-bond donors (Lipinski definition) is 11. The van der Waals surface area contributed by atoms with Crippen LogP contribution in [0.25, 0.3) is 0 Å². The van der Waals surface area contributed by atoms with Crippen molar-refractivity contribution in [3.63, 3.8) is 0 Å². The monoisotopic (exact) mass is 596 g/mol. The second-order valence-electron chi connectivity index (χ2n) is 9.00. The molecule has 18 heteroatoms. The number of nitrogens with two attached hydrogens (primary N) is 3. The summed E-state index contributed by atoms with van der Waals surface area (Å²) in [7, 11) is 0. The van der Waals surface area contributed by atoms with Crippen LogP contribution in [0.15, 0.2) is 29.3 Å². The van der Waals surface area contributed by atoms with E-state index in [1.807, 2.05) is 5.32 Å². The molecule has 1 rings (SSSR count). The number of guanidine groups is 1. The number of hydrogen-bond acceptors (Lipinski definition) is 10. The number of phenolic OH excluding ortho intramolecular Hbond substituents is 1. The van der Waals surface area contributed by atoms with E-state index in [1.165, 1.54) is 12.1 Å². The number of aliphatic hydroxyl groups excluding tert-OH is 1. The lowest BCUT2D eigenvalue weighted by Gasteiger charge is -2.22. The molecule has 0 aliphatic heterocycles. The number of carboxylic acids is 2. The van der Waals surface area contributed by atoms with Crippen LogP contribution >= 0.6 is 0 Å². The van der Waals surface area contributed by atoms with Gasteiger partial charge in [-0.2, -0.15) is 0 Å². The Bertz CT molecular complexity index is 1140. The number of carbonyl (C=O) groups excluding carboxylic acids is 4. The number of rotatable bonds is 18. The van der Waals surface area contributed by atoms with Gasteiger partial charge in [-0.25, -0.2) is 4.79 Å². The minimum Gasteiger partial charge on any atom is -0.508 e. The van der Waals surface area contributed by atoms with Crippen molar-refractivity contribution in [1.29, 1.82) is 0 Å². The molecule has 42 heavy (non-hydrogen) atoms. The fourth-order valence-corrected chi connectivity index (χ4v) is 3.41. The van der Waals surface area contributed by atoms with E-state index >= 15 is 0 Å². The molecule has 18 nitrogen and oxygen atoms in total. The number of nitrogens with one attached hydrogen (secondary N) is 4. The van der Waals surface area contributed by atoms with E-state index in [-0.39, 0.29) is 37.5 Å². The zero-order valence-electron chi connectivity index (χ0n) is 22.5. The summed E-state index contributed by atoms with van der Waals surface area (Å²) in [5, 5.41) is 45.2. The van der Waals surface area contributed by atoms with Crippen LogP contribution < -0.4 is 38.5 Å². The summed E-state index contributed by atoms with van der Waals surface area (Å²) in [6, 6.07) is 0.259. The van der Waals surface area contributed by atoms with E-state index in [4.69, 9.17) is 32.5 Å². The predicted octanol–water partition coefficient (Wildman–Crippen LogP) is -4.56. The van der Waals surface area contributed by atoms with Crippen LogP contribution in [0, 0.1) is 0 Å². The highest BCUT2D eigenvalue weighted by Crippen LogP contribution is 2.11. The molecule has 4 atom stereocenters. The first-order valence-electron chi connectivity index (χ1n) is 12.6. The first-order chi connectivity index (χ1) is 19.7. The number of nitrogens with zero attached hydrogens (tertiary/aromatic N) is 1. The molecule has 0 aliphatic carbocycles. The summed E-state index contributed by atoms with van der Waals surface area (Å²) >= 11 is 0. The van der Waals surface area contributed by atoms with Gasteiger partial charge in [-0.1, -0.05) is 12.1 Å². The lowest BCUT2D eigenvalue weighted by Crippen LogP contribution is -2.56. The average Bonchev–Trinajstić information content (AvgIpc) is 2.91. The Kier molecular flexibility index (Phi) is 14.7. The number of aliphatic carboxylic acids is 2. The number of carboxylic acid groups (broad SMARTS) is 2. The maximum atomic E-state index is 12.9. The molecular formula is C24H36N8O10. The summed E-state index contributed by atoms with van der Waals surface area (Å²) in [4.78, 5) is 76.3. The van der Waals surface area contributed by atoms with Crippen LogP contribution in [0.5, 0.6) is 5.75 Å². The lowest BCUT2D eigenvalue weighted by atomic mass is 10.0. The molecule has 0 heterocycles. The standard InChI is InChI=1S/C24H36N8O10/c25-14(8-12-3-5-13(34)6-4-12)20(38)31-15(2-1-7-28-24(26)27)21(39)29-10-18(35)30-16(9-19(36)37)22(40)32-17(11-33)23(41)42/h3-6,14-17,33-34H,1-2,7-11,25H2,(H,29,39)(H,30,35)(H,31,38)(H,32,40)(H,36,37)(H,41,42)(H4,26,27,28)/t14-,15-,16+,17-/m0/s1. The number of carbonyl (C=O) groups is 6. The van der Waals surface area contributed by atoms with E-state index in [2.05, 4.69) is 20.9 Å². The summed E-state index contributed by atoms with van der Waals surface area (Å²) in [5.74, 6) is -6.93. The second-order valence-corrected chi connectivity index (χ2v) is 9.00. The number of phenols is 1. The smallest absolute Gasteiger partial charge is 0.328 e. The third-order valence-electron chi connectivity index (χ3n) is 5.56. The Morgan fingerprint density at radius 2 is 1.48 bits per heavy atom. The summed E-state index contributed by atoms with van der Waals surface area (Å²) in [6.07, 6.45) is -0.565. The molecule has 0 bridgehead atoms. The van der Waals surface area contributed by atoms with Crippen molar-refractivity contribution in [1.82, 2.24) is 21.3 Å². The SMILES string of the molecule is NC(N)=NCCC[C@H](NC(=O)[C@@H](N)Cc1ccc(O)cc1)C(=O)NCC(=O)N[C@H](CC(=O)O)C(=O)N[C@@H](CO)C(=O)O. The molecular weight excluding hydrogens is 560 g/mol. The van der Waals surface area contributed by atoms with Crippen LogP contribution in [-0.2, 0) is 35.2 Å². The van der Waals surface area contributed by atoms with Crippen molar-refractivity contribution in [3.05, 3.63) is 29.8 Å². The van der Waals surface area contributed by atoms with Gasteiger partial charge in [-0.15, -0.1) is 0 Å². The Labute approximate surface area is 239 Å². The Balaban J connectivity index is 2.86. The lowest BCUT2D eigenvalue weighted by molar-refractivity contribution is -0.144. The Morgan fingerprint density at radius 1 is 0.857 bits per heavy atom. The van der Waals surface area contributed by atoms with Gasteiger partial charge in [-0.05, 0) is 37.0 Å². The van der Waals surface area contributed by atoms with Crippen molar-refractivity contribution >= 4 is 41.5 Å². The third kappa shape index (κ3) is 13.4. The van der Waals surface area contributed by atoms with Gasteiger partial charge in [0.25, 0.3) is 0 Å². The third-order valence-corrected chi connectivity index (χ3v) is 5.56. The van der Waals surface area contributed by atoms with E-state index in [1.54, 1.807) is 12.1 Å². The Morgan fingerprint density at radius 3 is 2.02 bits per heavy atom. The van der Waals surface area contributed by atoms with Crippen LogP contribution in [-0.4, -0.2) is 106 Å². The highest BCUT2D eigenvalue weighted by molar-refractivity contribution is 5.95. The van der Waals surface area contributed by atoms with Crippen LogP contribution in [0.3, 0.4) is 0 Å². The van der Waals surface area contributed by atoms with E-state index in [0.717, 1.165) is 0 Å². The van der Waals surface area contributed by atoms with Gasteiger partial charge in [-0.3, -0.25) is 29.0 Å². The van der Waals surface area contributed by atoms with Gasteiger partial charge in [0.1, 0.15) is 23.9 Å². The zero-order chi connectivity index (χ0) is 31.8. The predicted molar refractivity (Wildman–Crippen MR) is 145 cm³/mol. The summed E-state index contributed by atoms with van der Waals surface area (Å²) < 4.78 is 0. The fourth-order valence-electron chi connectivity index (χ4n) is 3.41. The quantitative estimate of drug-likeness (QED) is 0.0432. The minimum atomic E-state index is -1.74. The highest BCUT2D eigenvalue weighted by atomic mass is 16.4. The van der Waals surface area contributed by atoms with Gasteiger partial charge in [0.05, 0.1) is 25.6 Å². The molecule has 0 fully saturated rings. The number of aromatic hydroxyl groups is 1. The molecule has 14 N–H and O–H groups in total. The van der Waals surface area contributed by atoms with Crippen molar-refractivity contribution < 1.29 is 49.2 Å². The molecule has 0 saturated carbocycles. The highest BCUT2D eigenvalue weighted by Gasteiger charge is 2.29. The second kappa shape index (κ2) is 17.7. The van der Waals surface area contributed by atoms with Gasteiger partial charge in [0.15, 0.2) is 5.96 Å². The molecule has 1 aromatic rings. The Hall–Kier alpha value is -4.97. The first kappa shape index (κ1) is 35.1. The minimum absolute atomic E-state index is 0.0304. The van der Waals surface area contributed by atoms with Gasteiger partial charge < -0.3 is 58.9 Å². The van der Waals surface area contributed by atoms with Crippen LogP contribution in [0.1, 0.15) is 24.8 Å². The number of aliphatic hydroxyl groups is 1. The zero-order valence-corrected chi connectivity index (χ0v) is 22.5. The van der Waals surface area contributed by atoms with Gasteiger partial charge in [0.2, 0.25) is 23.6 Å². The van der Waals surface area contributed by atoms with Gasteiger partial charge in [0, 0.05) is 6.54 Å². The van der Waals surface area contributed by atoms with Crippen molar-refractivity contribution in [2.75, 3.05) is 19.7 Å². The maximum absolute atomic E-state index is 12.9. The van der Waals surface area contributed by atoms with E-state index in [0.29, 0.717) is 5.56 Å². The van der Waals surface area contributed by atoms with Gasteiger partial charge >= 0.3 is 11.9 Å². The van der Waals surface area contributed by atoms with Crippen molar-refractivity contribution in [2.24, 2.45) is 22.2 Å².